The van der Waals surface area contributed by atoms with E-state index in [-0.39, 0.29) is 0 Å². The number of nitrogens with zero attached hydrogens (tertiary/aromatic N) is 3. The van der Waals surface area contributed by atoms with Crippen LogP contribution in [0, 0.1) is 11.8 Å². The summed E-state index contributed by atoms with van der Waals surface area (Å²) >= 11 is 0. The lowest BCUT2D eigenvalue weighted by molar-refractivity contribution is -0.134. The summed E-state index contributed by atoms with van der Waals surface area (Å²) in [5, 5.41) is 27.7. The van der Waals surface area contributed by atoms with Gasteiger partial charge in [0.2, 0.25) is 0 Å². The summed E-state index contributed by atoms with van der Waals surface area (Å²) in [5.41, 5.74) is 1.70. The average molecular weight is 392 g/mol. The van der Waals surface area contributed by atoms with Crippen molar-refractivity contribution in [1.82, 2.24) is 15.5 Å². The van der Waals surface area contributed by atoms with Gasteiger partial charge < -0.3 is 20.4 Å². The number of hydrogen-bond acceptors (Lipinski definition) is 6. The summed E-state index contributed by atoms with van der Waals surface area (Å²) in [4.78, 5) is 21.5. The van der Waals surface area contributed by atoms with Crippen molar-refractivity contribution in [3.8, 4) is 11.8 Å². The maximum atomic E-state index is 9.55. The van der Waals surface area contributed by atoms with Crippen molar-refractivity contribution >= 4 is 17.8 Å². The molecule has 8 nitrogen and oxygen atoms in total. The van der Waals surface area contributed by atoms with E-state index in [1.54, 1.807) is 0 Å². The summed E-state index contributed by atoms with van der Waals surface area (Å²) in [6.45, 7) is 2.09. The van der Waals surface area contributed by atoms with Crippen LogP contribution >= 0.6 is 0 Å². The fourth-order valence-electron chi connectivity index (χ4n) is 3.19. The summed E-state index contributed by atoms with van der Waals surface area (Å²) in [6, 6.07) is 15.1. The Morgan fingerprint density at radius 2 is 1.76 bits per heavy atom. The zero-order valence-corrected chi connectivity index (χ0v) is 15.5. The number of benzene rings is 1. The molecule has 3 heterocycles. The fraction of sp³-hybridized carbons (Fsp3) is 0.238. The Bertz CT molecular complexity index is 932. The molecule has 1 aromatic heterocycles. The number of carbonyl (C=O) groups is 2. The summed E-state index contributed by atoms with van der Waals surface area (Å²) in [6.07, 6.45) is 2.34. The molecule has 2 fully saturated rings. The predicted octanol–water partition coefficient (Wildman–Crippen LogP) is 1.14. The number of fused-ring (bicyclic) bond motifs is 2. The van der Waals surface area contributed by atoms with E-state index in [4.69, 9.17) is 10.2 Å². The van der Waals surface area contributed by atoms with Crippen LogP contribution in [-0.2, 0) is 9.59 Å². The topological polar surface area (TPSA) is 116 Å². The molecule has 2 saturated heterocycles. The Labute approximate surface area is 167 Å². The van der Waals surface area contributed by atoms with E-state index in [2.05, 4.69) is 32.3 Å². The summed E-state index contributed by atoms with van der Waals surface area (Å²) in [7, 11) is 0. The van der Waals surface area contributed by atoms with Crippen LogP contribution in [0.5, 0.6) is 0 Å². The number of aliphatic carboxylic acids is 2. The molecule has 0 saturated carbocycles. The number of carboxylic acid groups (broad SMARTS) is 2. The second kappa shape index (κ2) is 9.48. The molecule has 2 bridgehead atoms. The molecule has 29 heavy (non-hydrogen) atoms. The first kappa shape index (κ1) is 20.0. The Balaban J connectivity index is 0.000000258. The van der Waals surface area contributed by atoms with Crippen LogP contribution in [0.4, 0.5) is 5.82 Å². The van der Waals surface area contributed by atoms with Crippen molar-refractivity contribution in [1.29, 1.82) is 0 Å². The molecule has 2 aliphatic rings. The molecule has 1 aromatic carbocycles. The first-order valence-corrected chi connectivity index (χ1v) is 9.06. The van der Waals surface area contributed by atoms with E-state index in [9.17, 15) is 9.59 Å². The fourth-order valence-corrected chi connectivity index (χ4v) is 3.19. The molecule has 0 radical (unpaired) electrons. The molecular weight excluding hydrogens is 372 g/mol. The number of piperazine rings is 1. The predicted molar refractivity (Wildman–Crippen MR) is 106 cm³/mol. The third kappa shape index (κ3) is 5.89. The minimum atomic E-state index is -1.26. The highest BCUT2D eigenvalue weighted by molar-refractivity contribution is 5.89. The van der Waals surface area contributed by atoms with Gasteiger partial charge in [-0.3, -0.25) is 0 Å². The summed E-state index contributed by atoms with van der Waals surface area (Å²) < 4.78 is 0. The minimum absolute atomic E-state index is 0.558. The zero-order chi connectivity index (χ0) is 20.6. The van der Waals surface area contributed by atoms with Gasteiger partial charge in [0.05, 0.1) is 0 Å². The molecule has 4 rings (SSSR count). The molecule has 3 N–H and O–H groups in total. The normalized spacial score (nSPS) is 19.2. The van der Waals surface area contributed by atoms with Gasteiger partial charge in [-0.2, -0.15) is 0 Å². The Morgan fingerprint density at radius 3 is 2.28 bits per heavy atom. The van der Waals surface area contributed by atoms with Gasteiger partial charge in [-0.05, 0) is 36.6 Å². The Hall–Kier alpha value is -3.70. The SMILES string of the molecule is C(#Cc1ccc(N2C[C@@H]3C[C@H]2CN3)nn1)c1ccccc1.O=C(O)/C=C/C(=O)O. The maximum absolute atomic E-state index is 9.55. The lowest BCUT2D eigenvalue weighted by Crippen LogP contribution is -2.44. The van der Waals surface area contributed by atoms with Gasteiger partial charge in [0, 0.05) is 42.9 Å². The molecule has 148 valence electrons. The third-order valence-electron chi connectivity index (χ3n) is 4.48. The summed E-state index contributed by atoms with van der Waals surface area (Å²) in [5.74, 6) is 4.61. The second-order valence-electron chi connectivity index (χ2n) is 6.55. The van der Waals surface area contributed by atoms with Gasteiger partial charge in [-0.1, -0.05) is 24.1 Å². The van der Waals surface area contributed by atoms with Gasteiger partial charge in [-0.25, -0.2) is 9.59 Å². The number of hydrogen-bond donors (Lipinski definition) is 3. The number of nitrogens with one attached hydrogen (secondary N) is 1. The van der Waals surface area contributed by atoms with Crippen molar-refractivity contribution in [2.45, 2.75) is 18.5 Å². The van der Waals surface area contributed by atoms with Gasteiger partial charge in [0.15, 0.2) is 5.82 Å². The van der Waals surface area contributed by atoms with Crippen LogP contribution in [0.15, 0.2) is 54.6 Å². The van der Waals surface area contributed by atoms with Crippen LogP contribution < -0.4 is 10.2 Å². The van der Waals surface area contributed by atoms with Crippen molar-refractivity contribution in [2.24, 2.45) is 0 Å². The van der Waals surface area contributed by atoms with Gasteiger partial charge >= 0.3 is 11.9 Å². The lowest BCUT2D eigenvalue weighted by Gasteiger charge is -2.27. The third-order valence-corrected chi connectivity index (χ3v) is 4.48. The highest BCUT2D eigenvalue weighted by Crippen LogP contribution is 2.27. The van der Waals surface area contributed by atoms with Gasteiger partial charge in [-0.15, -0.1) is 10.2 Å². The number of anilines is 1. The van der Waals surface area contributed by atoms with E-state index in [0.29, 0.717) is 29.9 Å². The van der Waals surface area contributed by atoms with Crippen molar-refractivity contribution < 1.29 is 19.8 Å². The standard InChI is InChI=1S/C17H16N4.C4H4O4/c1-2-4-13(5-3-1)6-7-14-8-9-17(20-19-14)21-12-15-10-16(21)11-18-15;5-3(6)1-2-4(7)8/h1-5,8-9,15-16,18H,10-12H2;1-2H,(H,5,6)(H,7,8)/b;2-1+/t15-,16-;/m0./s1. The Morgan fingerprint density at radius 1 is 1.03 bits per heavy atom. The van der Waals surface area contributed by atoms with Crippen LogP contribution in [-0.4, -0.2) is 57.5 Å². The highest BCUT2D eigenvalue weighted by Gasteiger charge is 2.38. The van der Waals surface area contributed by atoms with Crippen molar-refractivity contribution in [2.75, 3.05) is 18.0 Å². The molecule has 2 aromatic rings. The molecular formula is C21H20N4O4. The quantitative estimate of drug-likeness (QED) is 0.526. The van der Waals surface area contributed by atoms with Crippen LogP contribution in [0.25, 0.3) is 0 Å². The lowest BCUT2D eigenvalue weighted by atomic mass is 10.2. The molecule has 0 aliphatic carbocycles. The number of aromatic nitrogens is 2. The molecule has 0 unspecified atom stereocenters. The van der Waals surface area contributed by atoms with Gasteiger partial charge in [0.25, 0.3) is 0 Å². The number of carboxylic acids is 2. The maximum Gasteiger partial charge on any atom is 0.328 e. The van der Waals surface area contributed by atoms with Gasteiger partial charge in [0.1, 0.15) is 5.69 Å². The molecule has 2 atom stereocenters. The largest absolute Gasteiger partial charge is 0.478 e. The van der Waals surface area contributed by atoms with Crippen molar-refractivity contribution in [3.05, 3.63) is 65.9 Å². The van der Waals surface area contributed by atoms with Crippen LogP contribution in [0.1, 0.15) is 17.7 Å². The average Bonchev–Trinajstić information content (AvgIpc) is 3.36. The monoisotopic (exact) mass is 392 g/mol. The van der Waals surface area contributed by atoms with E-state index >= 15 is 0 Å². The molecule has 2 aliphatic heterocycles. The second-order valence-corrected chi connectivity index (χ2v) is 6.55. The van der Waals surface area contributed by atoms with Crippen LogP contribution in [0.2, 0.25) is 0 Å². The minimum Gasteiger partial charge on any atom is -0.478 e. The smallest absolute Gasteiger partial charge is 0.328 e. The highest BCUT2D eigenvalue weighted by atomic mass is 16.4. The molecule has 0 spiro atoms. The first-order valence-electron chi connectivity index (χ1n) is 9.06. The molecule has 8 heteroatoms. The van der Waals surface area contributed by atoms with Crippen molar-refractivity contribution in [3.63, 3.8) is 0 Å². The number of rotatable bonds is 3. The first-order chi connectivity index (χ1) is 14.0. The van der Waals surface area contributed by atoms with E-state index in [1.165, 1.54) is 6.42 Å². The van der Waals surface area contributed by atoms with E-state index < -0.39 is 11.9 Å². The Kier molecular flexibility index (Phi) is 6.55. The van der Waals surface area contributed by atoms with E-state index in [0.717, 1.165) is 24.5 Å². The zero-order valence-electron chi connectivity index (χ0n) is 15.5. The molecule has 0 amide bonds. The van der Waals surface area contributed by atoms with E-state index in [1.807, 2.05) is 42.5 Å². The van der Waals surface area contributed by atoms with Crippen LogP contribution in [0.3, 0.4) is 0 Å².